The summed E-state index contributed by atoms with van der Waals surface area (Å²) in [5.41, 5.74) is 2.55. The molecule has 0 aliphatic rings. The first-order valence-corrected chi connectivity index (χ1v) is 6.70. The van der Waals surface area contributed by atoms with Gasteiger partial charge in [0, 0.05) is 15.2 Å². The van der Waals surface area contributed by atoms with Crippen molar-refractivity contribution < 1.29 is 9.90 Å². The van der Waals surface area contributed by atoms with Gasteiger partial charge in [-0.1, -0.05) is 27.5 Å². The number of carboxylic acid groups (broad SMARTS) is 1. The topological polar surface area (TPSA) is 49.3 Å². The van der Waals surface area contributed by atoms with Gasteiger partial charge in [-0.3, -0.25) is 0 Å². The van der Waals surface area contributed by atoms with Gasteiger partial charge in [-0.05, 0) is 48.9 Å². The van der Waals surface area contributed by atoms with Gasteiger partial charge in [-0.2, -0.15) is 0 Å². The van der Waals surface area contributed by atoms with Crippen molar-refractivity contribution in [3.05, 3.63) is 57.0 Å². The zero-order valence-electron chi connectivity index (χ0n) is 10.1. The number of nitrogens with one attached hydrogen (secondary N) is 1. The van der Waals surface area contributed by atoms with Gasteiger partial charge in [0.15, 0.2) is 0 Å². The number of aryl methyl sites for hydroxylation is 1. The van der Waals surface area contributed by atoms with E-state index in [4.69, 9.17) is 16.7 Å². The largest absolute Gasteiger partial charge is 0.478 e. The van der Waals surface area contributed by atoms with E-state index in [0.717, 1.165) is 15.7 Å². The number of hydrogen-bond acceptors (Lipinski definition) is 2. The Kier molecular flexibility index (Phi) is 4.12. The van der Waals surface area contributed by atoms with Crippen molar-refractivity contribution in [2.45, 2.75) is 6.92 Å². The van der Waals surface area contributed by atoms with Crippen molar-refractivity contribution in [2.75, 3.05) is 5.32 Å². The number of carboxylic acids is 1. The molecule has 0 atom stereocenters. The molecular formula is C14H11BrClNO2. The Hall–Kier alpha value is -1.52. The summed E-state index contributed by atoms with van der Waals surface area (Å²) in [5, 5.41) is 12.6. The number of aromatic carboxylic acids is 1. The van der Waals surface area contributed by atoms with E-state index in [1.807, 2.05) is 25.1 Å². The van der Waals surface area contributed by atoms with Gasteiger partial charge in [0.25, 0.3) is 0 Å². The second-order valence-corrected chi connectivity index (χ2v) is 5.37. The fourth-order valence-corrected chi connectivity index (χ4v) is 2.10. The van der Waals surface area contributed by atoms with Gasteiger partial charge in [0.2, 0.25) is 0 Å². The van der Waals surface area contributed by atoms with E-state index >= 15 is 0 Å². The van der Waals surface area contributed by atoms with Gasteiger partial charge in [-0.15, -0.1) is 0 Å². The van der Waals surface area contributed by atoms with Crippen LogP contribution in [0.2, 0.25) is 5.02 Å². The van der Waals surface area contributed by atoms with Gasteiger partial charge < -0.3 is 10.4 Å². The van der Waals surface area contributed by atoms with E-state index in [1.54, 1.807) is 12.1 Å². The predicted octanol–water partition coefficient (Wildman–Crippen LogP) is 4.85. The standard InChI is InChI=1S/C14H11BrClNO2/c1-8-6-10(3-4-12(8)15)17-13-5-2-9(16)7-11(13)14(18)19/h2-7,17H,1H3,(H,18,19). The monoisotopic (exact) mass is 339 g/mol. The third kappa shape index (κ3) is 3.28. The van der Waals surface area contributed by atoms with E-state index in [2.05, 4.69) is 21.2 Å². The lowest BCUT2D eigenvalue weighted by atomic mass is 10.1. The number of rotatable bonds is 3. The summed E-state index contributed by atoms with van der Waals surface area (Å²) in [6.07, 6.45) is 0. The van der Waals surface area contributed by atoms with Crippen LogP contribution >= 0.6 is 27.5 Å². The third-order valence-electron chi connectivity index (χ3n) is 2.65. The molecule has 2 aromatic rings. The lowest BCUT2D eigenvalue weighted by Gasteiger charge is -2.11. The Morgan fingerprint density at radius 1 is 1.26 bits per heavy atom. The molecule has 0 bridgehead atoms. The van der Waals surface area contributed by atoms with Gasteiger partial charge in [-0.25, -0.2) is 4.79 Å². The maximum atomic E-state index is 11.2. The summed E-state index contributed by atoms with van der Waals surface area (Å²) >= 11 is 9.24. The Morgan fingerprint density at radius 2 is 2.00 bits per heavy atom. The molecule has 0 unspecified atom stereocenters. The van der Waals surface area contributed by atoms with E-state index in [1.165, 1.54) is 6.07 Å². The Bertz CT molecular complexity index is 643. The van der Waals surface area contributed by atoms with Crippen molar-refractivity contribution in [1.29, 1.82) is 0 Å². The van der Waals surface area contributed by atoms with Crippen LogP contribution in [0.25, 0.3) is 0 Å². The highest BCUT2D eigenvalue weighted by Gasteiger charge is 2.11. The fraction of sp³-hybridized carbons (Fsp3) is 0.0714. The number of carbonyl (C=O) groups is 1. The maximum Gasteiger partial charge on any atom is 0.337 e. The summed E-state index contributed by atoms with van der Waals surface area (Å²) in [4.78, 5) is 11.2. The molecule has 0 saturated heterocycles. The molecule has 0 saturated carbocycles. The molecule has 19 heavy (non-hydrogen) atoms. The van der Waals surface area contributed by atoms with Crippen LogP contribution in [0.15, 0.2) is 40.9 Å². The molecule has 5 heteroatoms. The first-order valence-electron chi connectivity index (χ1n) is 5.53. The molecule has 98 valence electrons. The highest BCUT2D eigenvalue weighted by atomic mass is 79.9. The van der Waals surface area contributed by atoms with Crippen LogP contribution < -0.4 is 5.32 Å². The summed E-state index contributed by atoms with van der Waals surface area (Å²) in [6.45, 7) is 1.97. The van der Waals surface area contributed by atoms with Crippen LogP contribution in [0.4, 0.5) is 11.4 Å². The normalized spacial score (nSPS) is 10.3. The van der Waals surface area contributed by atoms with E-state index in [9.17, 15) is 4.79 Å². The smallest absolute Gasteiger partial charge is 0.337 e. The van der Waals surface area contributed by atoms with Crippen LogP contribution in [-0.2, 0) is 0 Å². The average molecular weight is 341 g/mol. The molecule has 0 fully saturated rings. The molecule has 0 aliphatic carbocycles. The number of hydrogen-bond donors (Lipinski definition) is 2. The predicted molar refractivity (Wildman–Crippen MR) is 80.6 cm³/mol. The van der Waals surface area contributed by atoms with Crippen molar-refractivity contribution >= 4 is 44.9 Å². The van der Waals surface area contributed by atoms with Crippen LogP contribution in [0.5, 0.6) is 0 Å². The summed E-state index contributed by atoms with van der Waals surface area (Å²) in [5.74, 6) is -1.01. The van der Waals surface area contributed by atoms with Crippen molar-refractivity contribution in [1.82, 2.24) is 0 Å². The van der Waals surface area contributed by atoms with E-state index < -0.39 is 5.97 Å². The SMILES string of the molecule is Cc1cc(Nc2ccc(Cl)cc2C(=O)O)ccc1Br. The number of benzene rings is 2. The summed E-state index contributed by atoms with van der Waals surface area (Å²) < 4.78 is 1.01. The molecular weight excluding hydrogens is 330 g/mol. The Morgan fingerprint density at radius 3 is 2.63 bits per heavy atom. The van der Waals surface area contributed by atoms with Crippen molar-refractivity contribution in [2.24, 2.45) is 0 Å². The van der Waals surface area contributed by atoms with Crippen LogP contribution in [-0.4, -0.2) is 11.1 Å². The number of anilines is 2. The quantitative estimate of drug-likeness (QED) is 0.839. The van der Waals surface area contributed by atoms with E-state index in [0.29, 0.717) is 10.7 Å². The minimum atomic E-state index is -1.01. The highest BCUT2D eigenvalue weighted by molar-refractivity contribution is 9.10. The first kappa shape index (κ1) is 13.9. The molecule has 0 aromatic heterocycles. The molecule has 0 aliphatic heterocycles. The minimum absolute atomic E-state index is 0.146. The van der Waals surface area contributed by atoms with Gasteiger partial charge >= 0.3 is 5.97 Å². The summed E-state index contributed by atoms with van der Waals surface area (Å²) in [7, 11) is 0. The molecule has 2 aromatic carbocycles. The van der Waals surface area contributed by atoms with Gasteiger partial charge in [0.05, 0.1) is 11.3 Å². The average Bonchev–Trinajstić information content (AvgIpc) is 2.36. The van der Waals surface area contributed by atoms with Crippen molar-refractivity contribution in [3.8, 4) is 0 Å². The Labute approximate surface area is 124 Å². The van der Waals surface area contributed by atoms with E-state index in [-0.39, 0.29) is 5.56 Å². The highest BCUT2D eigenvalue weighted by Crippen LogP contribution is 2.26. The lowest BCUT2D eigenvalue weighted by Crippen LogP contribution is -2.02. The molecule has 0 heterocycles. The second kappa shape index (κ2) is 5.63. The lowest BCUT2D eigenvalue weighted by molar-refractivity contribution is 0.0698. The van der Waals surface area contributed by atoms with Crippen LogP contribution in [0, 0.1) is 6.92 Å². The number of halogens is 2. The van der Waals surface area contributed by atoms with Crippen molar-refractivity contribution in [3.63, 3.8) is 0 Å². The molecule has 0 spiro atoms. The molecule has 0 amide bonds. The zero-order valence-corrected chi connectivity index (χ0v) is 12.4. The molecule has 0 radical (unpaired) electrons. The molecule has 2 rings (SSSR count). The molecule has 3 nitrogen and oxygen atoms in total. The Balaban J connectivity index is 2.37. The minimum Gasteiger partial charge on any atom is -0.478 e. The molecule has 2 N–H and O–H groups in total. The fourth-order valence-electron chi connectivity index (χ4n) is 1.68. The van der Waals surface area contributed by atoms with Crippen LogP contribution in [0.1, 0.15) is 15.9 Å². The zero-order chi connectivity index (χ0) is 14.0. The summed E-state index contributed by atoms with van der Waals surface area (Å²) in [6, 6.07) is 10.5. The maximum absolute atomic E-state index is 11.2. The second-order valence-electron chi connectivity index (χ2n) is 4.08. The first-order chi connectivity index (χ1) is 8.97. The van der Waals surface area contributed by atoms with Crippen LogP contribution in [0.3, 0.4) is 0 Å². The van der Waals surface area contributed by atoms with Gasteiger partial charge in [0.1, 0.15) is 0 Å². The third-order valence-corrected chi connectivity index (χ3v) is 3.77.